The van der Waals surface area contributed by atoms with Crippen molar-refractivity contribution in [2.75, 3.05) is 42.9 Å². The van der Waals surface area contributed by atoms with E-state index < -0.39 is 0 Å². The largest absolute Gasteiger partial charge is 0.354 e. The zero-order valence-electron chi connectivity index (χ0n) is 15.5. The van der Waals surface area contributed by atoms with Crippen LogP contribution < -0.4 is 10.2 Å². The Hall–Kier alpha value is -2.49. The molecule has 29 heavy (non-hydrogen) atoms. The van der Waals surface area contributed by atoms with Gasteiger partial charge in [0.1, 0.15) is 18.5 Å². The number of amides is 1. The highest BCUT2D eigenvalue weighted by atomic mass is 79.9. The lowest BCUT2D eigenvalue weighted by Crippen LogP contribution is -2.48. The molecule has 4 rings (SSSR count). The summed E-state index contributed by atoms with van der Waals surface area (Å²) < 4.78 is 2.55. The number of anilines is 2. The van der Waals surface area contributed by atoms with Crippen LogP contribution >= 0.6 is 27.5 Å². The van der Waals surface area contributed by atoms with Gasteiger partial charge in [-0.05, 0) is 46.3 Å². The van der Waals surface area contributed by atoms with E-state index >= 15 is 0 Å². The maximum Gasteiger partial charge on any atom is 0.238 e. The molecule has 150 valence electrons. The summed E-state index contributed by atoms with van der Waals surface area (Å²) in [6, 6.07) is 9.25. The second-order valence-corrected chi connectivity index (χ2v) is 8.00. The molecular formula is C19H19BrClN7O. The van der Waals surface area contributed by atoms with Gasteiger partial charge in [-0.3, -0.25) is 9.69 Å². The highest BCUT2D eigenvalue weighted by Gasteiger charge is 2.20. The van der Waals surface area contributed by atoms with Crippen LogP contribution in [-0.4, -0.2) is 63.3 Å². The van der Waals surface area contributed by atoms with Gasteiger partial charge in [0, 0.05) is 41.9 Å². The van der Waals surface area contributed by atoms with Crippen molar-refractivity contribution in [2.24, 2.45) is 0 Å². The first kappa shape index (κ1) is 19.8. The molecule has 10 heteroatoms. The average Bonchev–Trinajstić information content (AvgIpc) is 3.24. The average molecular weight is 477 g/mol. The summed E-state index contributed by atoms with van der Waals surface area (Å²) in [7, 11) is 0. The molecule has 1 N–H and O–H groups in total. The van der Waals surface area contributed by atoms with Crippen LogP contribution in [0.3, 0.4) is 0 Å². The first-order valence-electron chi connectivity index (χ1n) is 9.12. The number of hydrogen-bond acceptors (Lipinski definition) is 6. The monoisotopic (exact) mass is 475 g/mol. The van der Waals surface area contributed by atoms with E-state index in [1.807, 2.05) is 12.1 Å². The van der Waals surface area contributed by atoms with Crippen molar-refractivity contribution < 1.29 is 4.79 Å². The number of nitrogens with one attached hydrogen (secondary N) is 1. The van der Waals surface area contributed by atoms with E-state index in [1.165, 1.54) is 6.33 Å². The molecule has 3 heterocycles. The SMILES string of the molecule is O=C(CN1CCN(c2ccc(Br)cn2)CC1)Nc1cc(Cl)ccc1-n1cncn1. The predicted molar refractivity (Wildman–Crippen MR) is 116 cm³/mol. The van der Waals surface area contributed by atoms with Crippen LogP contribution in [0, 0.1) is 0 Å². The van der Waals surface area contributed by atoms with Gasteiger partial charge in [-0.25, -0.2) is 14.6 Å². The van der Waals surface area contributed by atoms with Crippen LogP contribution in [0.15, 0.2) is 53.7 Å². The minimum Gasteiger partial charge on any atom is -0.354 e. The summed E-state index contributed by atoms with van der Waals surface area (Å²) in [6.45, 7) is 3.53. The lowest BCUT2D eigenvalue weighted by atomic mass is 10.2. The summed E-state index contributed by atoms with van der Waals surface area (Å²) in [5.74, 6) is 0.859. The number of carbonyl (C=O) groups excluding carboxylic acids is 1. The molecule has 1 saturated heterocycles. The van der Waals surface area contributed by atoms with Gasteiger partial charge >= 0.3 is 0 Å². The van der Waals surface area contributed by atoms with Gasteiger partial charge in [0.2, 0.25) is 5.91 Å². The molecule has 1 aliphatic heterocycles. The zero-order chi connectivity index (χ0) is 20.2. The lowest BCUT2D eigenvalue weighted by molar-refractivity contribution is -0.117. The third-order valence-corrected chi connectivity index (χ3v) is 5.38. The highest BCUT2D eigenvalue weighted by molar-refractivity contribution is 9.10. The summed E-state index contributed by atoms with van der Waals surface area (Å²) in [6.07, 6.45) is 4.82. The van der Waals surface area contributed by atoms with Crippen molar-refractivity contribution in [3.05, 3.63) is 58.7 Å². The maximum absolute atomic E-state index is 12.6. The Labute approximate surface area is 181 Å². The predicted octanol–water partition coefficient (Wildman–Crippen LogP) is 2.84. The quantitative estimate of drug-likeness (QED) is 0.610. The van der Waals surface area contributed by atoms with E-state index in [1.54, 1.807) is 35.4 Å². The van der Waals surface area contributed by atoms with Gasteiger partial charge in [0.05, 0.1) is 17.9 Å². The molecule has 1 fully saturated rings. The van der Waals surface area contributed by atoms with Crippen LogP contribution in [0.2, 0.25) is 5.02 Å². The molecule has 8 nitrogen and oxygen atoms in total. The molecule has 0 saturated carbocycles. The third-order valence-electron chi connectivity index (χ3n) is 4.67. The number of halogens is 2. The number of hydrogen-bond donors (Lipinski definition) is 1. The minimum absolute atomic E-state index is 0.0937. The van der Waals surface area contributed by atoms with E-state index in [0.29, 0.717) is 22.9 Å². The van der Waals surface area contributed by atoms with Crippen LogP contribution in [-0.2, 0) is 4.79 Å². The molecule has 3 aromatic rings. The minimum atomic E-state index is -0.0937. The van der Waals surface area contributed by atoms with Crippen LogP contribution in [0.5, 0.6) is 0 Å². The molecule has 0 radical (unpaired) electrons. The first-order chi connectivity index (χ1) is 14.1. The Kier molecular flexibility index (Phi) is 6.08. The lowest BCUT2D eigenvalue weighted by Gasteiger charge is -2.35. The van der Waals surface area contributed by atoms with Crippen molar-refractivity contribution in [2.45, 2.75) is 0 Å². The van der Waals surface area contributed by atoms with Crippen molar-refractivity contribution in [1.29, 1.82) is 0 Å². The molecule has 0 spiro atoms. The van der Waals surface area contributed by atoms with Crippen LogP contribution in [0.25, 0.3) is 5.69 Å². The molecule has 0 unspecified atom stereocenters. The number of pyridine rings is 1. The second-order valence-electron chi connectivity index (χ2n) is 6.65. The molecule has 1 aliphatic rings. The second kappa shape index (κ2) is 8.89. The van der Waals surface area contributed by atoms with Crippen molar-refractivity contribution in [1.82, 2.24) is 24.6 Å². The van der Waals surface area contributed by atoms with E-state index in [9.17, 15) is 4.79 Å². The first-order valence-corrected chi connectivity index (χ1v) is 10.3. The normalized spacial score (nSPS) is 14.8. The summed E-state index contributed by atoms with van der Waals surface area (Å²) in [5.41, 5.74) is 1.32. The Balaban J connectivity index is 1.35. The van der Waals surface area contributed by atoms with Crippen LogP contribution in [0.4, 0.5) is 11.5 Å². The molecule has 1 amide bonds. The van der Waals surface area contributed by atoms with E-state index in [4.69, 9.17) is 11.6 Å². The van der Waals surface area contributed by atoms with E-state index in [2.05, 4.69) is 46.1 Å². The molecule has 2 aromatic heterocycles. The molecule has 0 bridgehead atoms. The van der Waals surface area contributed by atoms with E-state index in [0.717, 1.165) is 36.5 Å². The fourth-order valence-corrected chi connectivity index (χ4v) is 3.63. The van der Waals surface area contributed by atoms with Gasteiger partial charge in [0.15, 0.2) is 0 Å². The number of piperazine rings is 1. The standard InChI is InChI=1S/C19H19BrClN7O/c20-14-1-4-18(23-10-14)27-7-5-26(6-8-27)11-19(29)25-16-9-15(21)2-3-17(16)28-13-22-12-24-28/h1-4,9-10,12-13H,5-8,11H2,(H,25,29). The third kappa shape index (κ3) is 4.92. The molecule has 0 atom stereocenters. The summed E-state index contributed by atoms with van der Waals surface area (Å²) in [4.78, 5) is 25.4. The summed E-state index contributed by atoms with van der Waals surface area (Å²) in [5, 5.41) is 7.62. The Bertz CT molecular complexity index is 973. The topological polar surface area (TPSA) is 79.2 Å². The fourth-order valence-electron chi connectivity index (χ4n) is 3.22. The van der Waals surface area contributed by atoms with Crippen molar-refractivity contribution in [3.63, 3.8) is 0 Å². The fraction of sp³-hybridized carbons (Fsp3) is 0.263. The van der Waals surface area contributed by atoms with Crippen molar-refractivity contribution >= 4 is 44.9 Å². The summed E-state index contributed by atoms with van der Waals surface area (Å²) >= 11 is 9.52. The van der Waals surface area contributed by atoms with E-state index in [-0.39, 0.29) is 5.91 Å². The Morgan fingerprint density at radius 3 is 2.69 bits per heavy atom. The number of carbonyl (C=O) groups is 1. The van der Waals surface area contributed by atoms with Gasteiger partial charge in [-0.1, -0.05) is 11.6 Å². The highest BCUT2D eigenvalue weighted by Crippen LogP contribution is 2.24. The van der Waals surface area contributed by atoms with Crippen molar-refractivity contribution in [3.8, 4) is 5.69 Å². The number of benzene rings is 1. The number of nitrogens with zero attached hydrogens (tertiary/aromatic N) is 6. The van der Waals surface area contributed by atoms with Gasteiger partial charge < -0.3 is 10.2 Å². The Morgan fingerprint density at radius 2 is 2.00 bits per heavy atom. The van der Waals surface area contributed by atoms with Gasteiger partial charge in [-0.2, -0.15) is 5.10 Å². The molecular weight excluding hydrogens is 458 g/mol. The Morgan fingerprint density at radius 1 is 1.17 bits per heavy atom. The van der Waals surface area contributed by atoms with Gasteiger partial charge in [-0.15, -0.1) is 0 Å². The molecule has 1 aromatic carbocycles. The number of rotatable bonds is 5. The number of aromatic nitrogens is 4. The van der Waals surface area contributed by atoms with Gasteiger partial charge in [0.25, 0.3) is 0 Å². The molecule has 0 aliphatic carbocycles. The van der Waals surface area contributed by atoms with Crippen LogP contribution in [0.1, 0.15) is 0 Å². The maximum atomic E-state index is 12.6. The zero-order valence-corrected chi connectivity index (χ0v) is 17.8. The smallest absolute Gasteiger partial charge is 0.238 e.